The minimum absolute atomic E-state index is 0.725. The van der Waals surface area contributed by atoms with Gasteiger partial charge in [0.25, 0.3) is 0 Å². The van der Waals surface area contributed by atoms with Gasteiger partial charge >= 0.3 is 0 Å². The van der Waals surface area contributed by atoms with Gasteiger partial charge in [0.15, 0.2) is 0 Å². The van der Waals surface area contributed by atoms with Crippen LogP contribution in [0.3, 0.4) is 0 Å². The number of rotatable bonds is 1. The number of hydrogen-bond donors (Lipinski definition) is 1. The van der Waals surface area contributed by atoms with Crippen LogP contribution in [-0.2, 0) is 5.60 Å². The van der Waals surface area contributed by atoms with Crippen LogP contribution in [0.25, 0.3) is 0 Å². The lowest BCUT2D eigenvalue weighted by atomic mass is 9.95. The zero-order chi connectivity index (χ0) is 9.35. The van der Waals surface area contributed by atoms with Crippen molar-refractivity contribution in [3.05, 3.63) is 34.9 Å². The number of aryl methyl sites for hydroxylation is 2. The molecule has 0 fully saturated rings. The maximum atomic E-state index is 9.74. The molecule has 1 nitrogen and oxygen atoms in total. The van der Waals surface area contributed by atoms with Gasteiger partial charge in [-0.2, -0.15) is 0 Å². The molecule has 1 N–H and O–H groups in total. The maximum absolute atomic E-state index is 9.74. The molecule has 0 spiro atoms. The first kappa shape index (κ1) is 9.27. The second-order valence-electron chi connectivity index (χ2n) is 3.94. The molecule has 1 rings (SSSR count). The summed E-state index contributed by atoms with van der Waals surface area (Å²) >= 11 is 0. The topological polar surface area (TPSA) is 20.2 Å². The van der Waals surface area contributed by atoms with E-state index in [0.29, 0.717) is 0 Å². The molecule has 0 unspecified atom stereocenters. The van der Waals surface area contributed by atoms with Gasteiger partial charge in [-0.25, -0.2) is 0 Å². The third-order valence-corrected chi connectivity index (χ3v) is 1.93. The van der Waals surface area contributed by atoms with Crippen molar-refractivity contribution in [2.24, 2.45) is 0 Å². The summed E-state index contributed by atoms with van der Waals surface area (Å²) in [4.78, 5) is 0. The van der Waals surface area contributed by atoms with Gasteiger partial charge in [-0.1, -0.05) is 29.3 Å². The highest BCUT2D eigenvalue weighted by Gasteiger charge is 2.15. The van der Waals surface area contributed by atoms with Gasteiger partial charge in [0.2, 0.25) is 0 Å². The van der Waals surface area contributed by atoms with Gasteiger partial charge in [0.05, 0.1) is 5.60 Å². The summed E-state index contributed by atoms with van der Waals surface area (Å²) in [7, 11) is 0. The molecule has 0 aromatic heterocycles. The molecule has 1 aromatic carbocycles. The SMILES string of the molecule is Cc1cc(C)cc(C(C)(C)O)c1. The predicted octanol–water partition coefficient (Wildman–Crippen LogP) is 2.53. The monoisotopic (exact) mass is 164 g/mol. The number of hydrogen-bond acceptors (Lipinski definition) is 1. The fraction of sp³-hybridized carbons (Fsp3) is 0.455. The van der Waals surface area contributed by atoms with Crippen molar-refractivity contribution in [1.29, 1.82) is 0 Å². The van der Waals surface area contributed by atoms with Crippen molar-refractivity contribution >= 4 is 0 Å². The summed E-state index contributed by atoms with van der Waals surface area (Å²) < 4.78 is 0. The Morgan fingerprint density at radius 1 is 1.00 bits per heavy atom. The lowest BCUT2D eigenvalue weighted by Gasteiger charge is -2.18. The normalized spacial score (nSPS) is 11.8. The molecule has 0 bridgehead atoms. The van der Waals surface area contributed by atoms with E-state index in [1.54, 1.807) is 13.8 Å². The van der Waals surface area contributed by atoms with Crippen LogP contribution in [0, 0.1) is 13.8 Å². The number of aliphatic hydroxyl groups is 1. The minimum atomic E-state index is -0.725. The van der Waals surface area contributed by atoms with Crippen molar-refractivity contribution in [3.8, 4) is 0 Å². The molecular formula is C11H16O. The van der Waals surface area contributed by atoms with Gasteiger partial charge in [-0.05, 0) is 33.3 Å². The Hall–Kier alpha value is -0.820. The van der Waals surface area contributed by atoms with Crippen LogP contribution >= 0.6 is 0 Å². The largest absolute Gasteiger partial charge is 0.386 e. The van der Waals surface area contributed by atoms with Crippen molar-refractivity contribution < 1.29 is 5.11 Å². The van der Waals surface area contributed by atoms with Crippen LogP contribution in [0.15, 0.2) is 18.2 Å². The van der Waals surface area contributed by atoms with E-state index in [9.17, 15) is 5.11 Å². The standard InChI is InChI=1S/C11H16O/c1-8-5-9(2)7-10(6-8)11(3,4)12/h5-7,12H,1-4H3. The highest BCUT2D eigenvalue weighted by Crippen LogP contribution is 2.21. The van der Waals surface area contributed by atoms with Gasteiger partial charge < -0.3 is 5.11 Å². The zero-order valence-electron chi connectivity index (χ0n) is 8.18. The molecule has 0 aliphatic rings. The van der Waals surface area contributed by atoms with E-state index in [2.05, 4.69) is 6.07 Å². The van der Waals surface area contributed by atoms with Crippen LogP contribution in [0.2, 0.25) is 0 Å². The molecule has 0 saturated heterocycles. The van der Waals surface area contributed by atoms with Gasteiger partial charge in [0.1, 0.15) is 0 Å². The molecule has 0 aliphatic heterocycles. The molecule has 0 saturated carbocycles. The van der Waals surface area contributed by atoms with Crippen LogP contribution < -0.4 is 0 Å². The smallest absolute Gasteiger partial charge is 0.0840 e. The van der Waals surface area contributed by atoms with E-state index in [0.717, 1.165) is 5.56 Å². The molecule has 0 amide bonds. The van der Waals surface area contributed by atoms with Gasteiger partial charge in [-0.15, -0.1) is 0 Å². The van der Waals surface area contributed by atoms with Gasteiger partial charge in [0, 0.05) is 0 Å². The molecule has 12 heavy (non-hydrogen) atoms. The highest BCUT2D eigenvalue weighted by molar-refractivity contribution is 5.31. The summed E-state index contributed by atoms with van der Waals surface area (Å²) in [6.45, 7) is 7.70. The fourth-order valence-electron chi connectivity index (χ4n) is 1.33. The van der Waals surface area contributed by atoms with Crippen molar-refractivity contribution in [1.82, 2.24) is 0 Å². The Bertz CT molecular complexity index is 261. The van der Waals surface area contributed by atoms with E-state index in [4.69, 9.17) is 0 Å². The van der Waals surface area contributed by atoms with Crippen LogP contribution in [0.1, 0.15) is 30.5 Å². The Balaban J connectivity index is 3.18. The minimum Gasteiger partial charge on any atom is -0.386 e. The second-order valence-corrected chi connectivity index (χ2v) is 3.94. The Kier molecular flexibility index (Phi) is 2.25. The third-order valence-electron chi connectivity index (χ3n) is 1.93. The quantitative estimate of drug-likeness (QED) is 0.676. The molecular weight excluding hydrogens is 148 g/mol. The Labute approximate surface area is 74.1 Å². The molecule has 1 aromatic rings. The summed E-state index contributed by atoms with van der Waals surface area (Å²) in [6.07, 6.45) is 0. The number of benzene rings is 1. The summed E-state index contributed by atoms with van der Waals surface area (Å²) in [5, 5.41) is 9.74. The first-order chi connectivity index (χ1) is 5.39. The van der Waals surface area contributed by atoms with Crippen molar-refractivity contribution in [2.75, 3.05) is 0 Å². The summed E-state index contributed by atoms with van der Waals surface area (Å²) in [5.74, 6) is 0. The third kappa shape index (κ3) is 2.08. The van der Waals surface area contributed by atoms with Crippen LogP contribution in [-0.4, -0.2) is 5.11 Å². The molecule has 0 atom stereocenters. The van der Waals surface area contributed by atoms with E-state index < -0.39 is 5.60 Å². The molecule has 66 valence electrons. The van der Waals surface area contributed by atoms with Crippen LogP contribution in [0.5, 0.6) is 0 Å². The summed E-state index contributed by atoms with van der Waals surface area (Å²) in [5.41, 5.74) is 2.66. The zero-order valence-corrected chi connectivity index (χ0v) is 8.18. The fourth-order valence-corrected chi connectivity index (χ4v) is 1.33. The summed E-state index contributed by atoms with van der Waals surface area (Å²) in [6, 6.07) is 6.15. The first-order valence-electron chi connectivity index (χ1n) is 4.21. The Morgan fingerprint density at radius 3 is 1.75 bits per heavy atom. The van der Waals surface area contributed by atoms with Crippen LogP contribution in [0.4, 0.5) is 0 Å². The van der Waals surface area contributed by atoms with Gasteiger partial charge in [-0.3, -0.25) is 0 Å². The van der Waals surface area contributed by atoms with Crippen molar-refractivity contribution in [3.63, 3.8) is 0 Å². The molecule has 0 aliphatic carbocycles. The maximum Gasteiger partial charge on any atom is 0.0840 e. The highest BCUT2D eigenvalue weighted by atomic mass is 16.3. The first-order valence-corrected chi connectivity index (χ1v) is 4.21. The Morgan fingerprint density at radius 2 is 1.42 bits per heavy atom. The molecule has 0 radical (unpaired) electrons. The van der Waals surface area contributed by atoms with Crippen molar-refractivity contribution in [2.45, 2.75) is 33.3 Å². The average Bonchev–Trinajstić information content (AvgIpc) is 1.82. The second kappa shape index (κ2) is 2.91. The molecule has 0 heterocycles. The van der Waals surface area contributed by atoms with E-state index >= 15 is 0 Å². The lowest BCUT2D eigenvalue weighted by molar-refractivity contribution is 0.0785. The average molecular weight is 164 g/mol. The molecule has 1 heteroatoms. The van der Waals surface area contributed by atoms with E-state index in [1.165, 1.54) is 11.1 Å². The predicted molar refractivity (Wildman–Crippen MR) is 51.2 cm³/mol. The lowest BCUT2D eigenvalue weighted by Crippen LogP contribution is -2.15. The van der Waals surface area contributed by atoms with E-state index in [1.807, 2.05) is 26.0 Å². The van der Waals surface area contributed by atoms with E-state index in [-0.39, 0.29) is 0 Å².